The van der Waals surface area contributed by atoms with Crippen LogP contribution >= 0.6 is 11.6 Å². The highest BCUT2D eigenvalue weighted by atomic mass is 35.5. The second-order valence-electron chi connectivity index (χ2n) is 7.07. The van der Waals surface area contributed by atoms with Crippen LogP contribution in [0.5, 0.6) is 0 Å². The third-order valence-corrected chi connectivity index (χ3v) is 5.33. The van der Waals surface area contributed by atoms with E-state index in [-0.39, 0.29) is 17.4 Å². The lowest BCUT2D eigenvalue weighted by atomic mass is 10.2. The van der Waals surface area contributed by atoms with E-state index in [1.165, 1.54) is 6.07 Å². The van der Waals surface area contributed by atoms with Crippen molar-refractivity contribution in [2.75, 3.05) is 31.1 Å². The fraction of sp³-hybridized carbons (Fsp3) is 0.286. The number of hydrogen-bond donors (Lipinski definition) is 0. The number of rotatable bonds is 3. The Morgan fingerprint density at radius 1 is 1.07 bits per heavy atom. The van der Waals surface area contributed by atoms with Crippen LogP contribution in [0.15, 0.2) is 42.5 Å². The standard InChI is InChI=1S/C21H21ClFN5O/c1-14-13-15(2)28(25-14)19-8-7-16(22)20(24-19)21(29)27-11-9-26(10-12-27)18-6-4-3-5-17(18)23/h3-8,13H,9-12H2,1-2H3. The number of carbonyl (C=O) groups excluding carboxylic acids is 1. The van der Waals surface area contributed by atoms with Crippen LogP contribution < -0.4 is 4.90 Å². The molecule has 150 valence electrons. The molecule has 0 spiro atoms. The number of aryl methyl sites for hydroxylation is 2. The first-order valence-corrected chi connectivity index (χ1v) is 9.81. The number of anilines is 1. The number of amides is 1. The Morgan fingerprint density at radius 2 is 1.79 bits per heavy atom. The van der Waals surface area contributed by atoms with E-state index < -0.39 is 0 Å². The lowest BCUT2D eigenvalue weighted by Gasteiger charge is -2.36. The summed E-state index contributed by atoms with van der Waals surface area (Å²) >= 11 is 6.29. The molecule has 1 aliphatic rings. The van der Waals surface area contributed by atoms with Crippen LogP contribution in [0.4, 0.5) is 10.1 Å². The van der Waals surface area contributed by atoms with Crippen molar-refractivity contribution in [3.8, 4) is 5.82 Å². The molecule has 1 saturated heterocycles. The molecule has 0 atom stereocenters. The molecule has 2 aromatic heterocycles. The lowest BCUT2D eigenvalue weighted by Crippen LogP contribution is -2.49. The van der Waals surface area contributed by atoms with Gasteiger partial charge in [0.25, 0.3) is 5.91 Å². The van der Waals surface area contributed by atoms with E-state index >= 15 is 0 Å². The topological polar surface area (TPSA) is 54.3 Å². The summed E-state index contributed by atoms with van der Waals surface area (Å²) < 4.78 is 15.7. The van der Waals surface area contributed by atoms with Gasteiger partial charge in [0.15, 0.2) is 5.82 Å². The minimum atomic E-state index is -0.255. The molecule has 0 aliphatic carbocycles. The van der Waals surface area contributed by atoms with Crippen molar-refractivity contribution in [2.24, 2.45) is 0 Å². The Kier molecular flexibility index (Phi) is 5.24. The number of nitrogens with zero attached hydrogens (tertiary/aromatic N) is 5. The molecule has 1 amide bonds. The predicted molar refractivity (Wildman–Crippen MR) is 110 cm³/mol. The minimum Gasteiger partial charge on any atom is -0.366 e. The number of para-hydroxylation sites is 1. The van der Waals surface area contributed by atoms with Gasteiger partial charge >= 0.3 is 0 Å². The summed E-state index contributed by atoms with van der Waals surface area (Å²) in [5.41, 5.74) is 2.56. The normalized spacial score (nSPS) is 14.3. The monoisotopic (exact) mass is 413 g/mol. The summed E-state index contributed by atoms with van der Waals surface area (Å²) in [6, 6.07) is 12.0. The number of aromatic nitrogens is 3. The average Bonchev–Trinajstić information content (AvgIpc) is 3.06. The van der Waals surface area contributed by atoms with Gasteiger partial charge in [0, 0.05) is 31.9 Å². The van der Waals surface area contributed by atoms with E-state index in [0.29, 0.717) is 42.7 Å². The molecular weight excluding hydrogens is 393 g/mol. The molecule has 8 heteroatoms. The van der Waals surface area contributed by atoms with Gasteiger partial charge < -0.3 is 9.80 Å². The fourth-order valence-electron chi connectivity index (χ4n) is 3.57. The fourth-order valence-corrected chi connectivity index (χ4v) is 3.76. The summed E-state index contributed by atoms with van der Waals surface area (Å²) in [5, 5.41) is 4.72. The van der Waals surface area contributed by atoms with E-state index in [4.69, 9.17) is 11.6 Å². The van der Waals surface area contributed by atoms with Gasteiger partial charge in [0.05, 0.1) is 16.4 Å². The molecule has 0 radical (unpaired) electrons. The van der Waals surface area contributed by atoms with Crippen LogP contribution in [0.3, 0.4) is 0 Å². The summed E-state index contributed by atoms with van der Waals surface area (Å²) in [5.74, 6) is 0.0643. The summed E-state index contributed by atoms with van der Waals surface area (Å²) in [6.07, 6.45) is 0. The van der Waals surface area contributed by atoms with Crippen molar-refractivity contribution in [1.82, 2.24) is 19.7 Å². The zero-order chi connectivity index (χ0) is 20.5. The Labute approximate surface area is 173 Å². The Bertz CT molecular complexity index is 1060. The van der Waals surface area contributed by atoms with E-state index in [0.717, 1.165) is 11.4 Å². The highest BCUT2D eigenvalue weighted by molar-refractivity contribution is 6.33. The molecule has 3 heterocycles. The van der Waals surface area contributed by atoms with Crippen LogP contribution in [0.1, 0.15) is 21.9 Å². The van der Waals surface area contributed by atoms with E-state index in [2.05, 4.69) is 10.1 Å². The molecule has 1 fully saturated rings. The zero-order valence-electron chi connectivity index (χ0n) is 16.3. The molecule has 0 bridgehead atoms. The van der Waals surface area contributed by atoms with Crippen LogP contribution in [0, 0.1) is 19.7 Å². The van der Waals surface area contributed by atoms with Crippen LogP contribution in [-0.2, 0) is 0 Å². The zero-order valence-corrected chi connectivity index (χ0v) is 17.0. The number of carbonyl (C=O) groups is 1. The molecule has 29 heavy (non-hydrogen) atoms. The van der Waals surface area contributed by atoms with Crippen molar-refractivity contribution in [2.45, 2.75) is 13.8 Å². The summed E-state index contributed by atoms with van der Waals surface area (Å²) in [4.78, 5) is 21.2. The Balaban J connectivity index is 1.52. The number of halogens is 2. The van der Waals surface area contributed by atoms with Crippen molar-refractivity contribution in [3.05, 3.63) is 70.4 Å². The van der Waals surface area contributed by atoms with Crippen LogP contribution in [0.25, 0.3) is 5.82 Å². The molecular formula is C21H21ClFN5O. The van der Waals surface area contributed by atoms with Crippen molar-refractivity contribution >= 4 is 23.2 Å². The highest BCUT2D eigenvalue weighted by Crippen LogP contribution is 2.23. The largest absolute Gasteiger partial charge is 0.366 e. The molecule has 4 rings (SSSR count). The first-order chi connectivity index (χ1) is 13.9. The molecule has 0 saturated carbocycles. The van der Waals surface area contributed by atoms with E-state index in [1.54, 1.807) is 33.8 Å². The lowest BCUT2D eigenvalue weighted by molar-refractivity contribution is 0.0741. The molecule has 3 aromatic rings. The number of benzene rings is 1. The van der Waals surface area contributed by atoms with Gasteiger partial charge in [0.2, 0.25) is 0 Å². The van der Waals surface area contributed by atoms with Gasteiger partial charge in [-0.1, -0.05) is 23.7 Å². The molecule has 1 aliphatic heterocycles. The van der Waals surface area contributed by atoms with Crippen molar-refractivity contribution < 1.29 is 9.18 Å². The quantitative estimate of drug-likeness (QED) is 0.657. The van der Waals surface area contributed by atoms with Gasteiger partial charge in [-0.2, -0.15) is 5.10 Å². The van der Waals surface area contributed by atoms with Crippen LogP contribution in [0.2, 0.25) is 5.02 Å². The SMILES string of the molecule is Cc1cc(C)n(-c2ccc(Cl)c(C(=O)N3CCN(c4ccccc4F)CC3)n2)n1. The maximum Gasteiger partial charge on any atom is 0.274 e. The third-order valence-electron chi connectivity index (χ3n) is 5.02. The Hall–Kier alpha value is -2.93. The van der Waals surface area contributed by atoms with Crippen molar-refractivity contribution in [1.29, 1.82) is 0 Å². The molecule has 1 aromatic carbocycles. The average molecular weight is 414 g/mol. The number of piperazine rings is 1. The maximum atomic E-state index is 14.0. The van der Waals surface area contributed by atoms with E-state index in [1.807, 2.05) is 30.9 Å². The highest BCUT2D eigenvalue weighted by Gasteiger charge is 2.26. The first-order valence-electron chi connectivity index (χ1n) is 9.43. The first kappa shape index (κ1) is 19.4. The summed E-state index contributed by atoms with van der Waals surface area (Å²) in [6.45, 7) is 5.85. The smallest absolute Gasteiger partial charge is 0.274 e. The second-order valence-corrected chi connectivity index (χ2v) is 7.48. The minimum absolute atomic E-state index is 0.205. The molecule has 0 unspecified atom stereocenters. The van der Waals surface area contributed by atoms with Crippen LogP contribution in [-0.4, -0.2) is 51.8 Å². The maximum absolute atomic E-state index is 14.0. The van der Waals surface area contributed by atoms with Gasteiger partial charge in [-0.3, -0.25) is 4.79 Å². The Morgan fingerprint density at radius 3 is 2.45 bits per heavy atom. The molecule has 0 N–H and O–H groups in total. The summed E-state index contributed by atoms with van der Waals surface area (Å²) in [7, 11) is 0. The van der Waals surface area contributed by atoms with Gasteiger partial charge in [-0.15, -0.1) is 0 Å². The third kappa shape index (κ3) is 3.82. The van der Waals surface area contributed by atoms with Crippen molar-refractivity contribution in [3.63, 3.8) is 0 Å². The van der Waals surface area contributed by atoms with Gasteiger partial charge in [-0.05, 0) is 44.2 Å². The van der Waals surface area contributed by atoms with E-state index in [9.17, 15) is 9.18 Å². The van der Waals surface area contributed by atoms with Gasteiger partial charge in [-0.25, -0.2) is 14.1 Å². The number of hydrogen-bond acceptors (Lipinski definition) is 4. The second kappa shape index (κ2) is 7.83. The molecule has 6 nitrogen and oxygen atoms in total. The predicted octanol–water partition coefficient (Wildman–Crippen LogP) is 3.64. The number of pyridine rings is 1. The van der Waals surface area contributed by atoms with Gasteiger partial charge in [0.1, 0.15) is 11.5 Å².